The van der Waals surface area contributed by atoms with Crippen molar-refractivity contribution in [2.75, 3.05) is 10.6 Å². The van der Waals surface area contributed by atoms with Crippen molar-refractivity contribution in [3.05, 3.63) is 82.9 Å². The number of anilines is 3. The number of halogens is 2. The first-order valence-corrected chi connectivity index (χ1v) is 7.95. The predicted octanol–water partition coefficient (Wildman–Crippen LogP) is 5.18. The zero-order valence-corrected chi connectivity index (χ0v) is 14.1. The molecule has 0 aliphatic carbocycles. The number of nitrogens with zero attached hydrogens (tertiary/aromatic N) is 1. The van der Waals surface area contributed by atoms with Crippen LogP contribution in [0.3, 0.4) is 0 Å². The Morgan fingerprint density at radius 1 is 1.04 bits per heavy atom. The number of pyridine rings is 1. The van der Waals surface area contributed by atoms with Crippen LogP contribution in [0.5, 0.6) is 0 Å². The Labute approximate surface area is 149 Å². The molecule has 0 aliphatic heterocycles. The molecule has 126 valence electrons. The number of hydrogen-bond acceptors (Lipinski definition) is 3. The highest BCUT2D eigenvalue weighted by molar-refractivity contribution is 6.31. The molecule has 0 aliphatic rings. The van der Waals surface area contributed by atoms with Gasteiger partial charge in [-0.1, -0.05) is 23.7 Å². The highest BCUT2D eigenvalue weighted by Crippen LogP contribution is 2.21. The van der Waals surface area contributed by atoms with E-state index in [1.54, 1.807) is 36.4 Å². The van der Waals surface area contributed by atoms with Crippen LogP contribution in [-0.2, 0) is 0 Å². The molecule has 0 saturated heterocycles. The number of aromatic nitrogens is 1. The summed E-state index contributed by atoms with van der Waals surface area (Å²) in [6.07, 6.45) is 1.51. The minimum absolute atomic E-state index is 0.234. The third-order valence-electron chi connectivity index (χ3n) is 3.54. The Hall–Kier alpha value is -2.92. The van der Waals surface area contributed by atoms with E-state index in [1.807, 2.05) is 13.0 Å². The van der Waals surface area contributed by atoms with E-state index in [1.165, 1.54) is 18.3 Å². The maximum Gasteiger partial charge on any atom is 0.274 e. The Morgan fingerprint density at radius 3 is 2.60 bits per heavy atom. The molecule has 0 unspecified atom stereocenters. The van der Waals surface area contributed by atoms with Crippen LogP contribution in [0.15, 0.2) is 60.8 Å². The SMILES string of the molecule is Cc1ccc(NC(=O)c2cc(Nc3cccc(F)c3)ccn2)cc1Cl. The second kappa shape index (κ2) is 7.32. The van der Waals surface area contributed by atoms with Crippen LogP contribution in [0.2, 0.25) is 5.02 Å². The Balaban J connectivity index is 1.76. The molecule has 0 spiro atoms. The van der Waals surface area contributed by atoms with Gasteiger partial charge in [0.15, 0.2) is 0 Å². The largest absolute Gasteiger partial charge is 0.355 e. The van der Waals surface area contributed by atoms with E-state index in [4.69, 9.17) is 11.6 Å². The van der Waals surface area contributed by atoms with E-state index < -0.39 is 0 Å². The van der Waals surface area contributed by atoms with E-state index in [0.717, 1.165) is 5.56 Å². The summed E-state index contributed by atoms with van der Waals surface area (Å²) < 4.78 is 13.3. The van der Waals surface area contributed by atoms with Crippen molar-refractivity contribution in [3.8, 4) is 0 Å². The molecule has 2 N–H and O–H groups in total. The topological polar surface area (TPSA) is 54.0 Å². The van der Waals surface area contributed by atoms with Gasteiger partial charge in [0.1, 0.15) is 11.5 Å². The van der Waals surface area contributed by atoms with Crippen LogP contribution in [0.25, 0.3) is 0 Å². The summed E-state index contributed by atoms with van der Waals surface area (Å²) in [5.41, 5.74) is 2.97. The number of carbonyl (C=O) groups is 1. The molecule has 1 aromatic heterocycles. The lowest BCUT2D eigenvalue weighted by Gasteiger charge is -2.09. The zero-order chi connectivity index (χ0) is 17.8. The molecule has 0 radical (unpaired) electrons. The van der Waals surface area contributed by atoms with E-state index in [-0.39, 0.29) is 17.4 Å². The van der Waals surface area contributed by atoms with Crippen LogP contribution in [-0.4, -0.2) is 10.9 Å². The summed E-state index contributed by atoms with van der Waals surface area (Å²) in [5.74, 6) is -0.698. The Bertz CT molecular complexity index is 930. The quantitative estimate of drug-likeness (QED) is 0.678. The molecule has 1 heterocycles. The van der Waals surface area contributed by atoms with Gasteiger partial charge in [-0.2, -0.15) is 0 Å². The fourth-order valence-electron chi connectivity index (χ4n) is 2.23. The van der Waals surface area contributed by atoms with Gasteiger partial charge in [-0.3, -0.25) is 9.78 Å². The molecule has 3 aromatic rings. The summed E-state index contributed by atoms with van der Waals surface area (Å²) in [4.78, 5) is 16.4. The van der Waals surface area contributed by atoms with E-state index in [2.05, 4.69) is 15.6 Å². The zero-order valence-electron chi connectivity index (χ0n) is 13.4. The van der Waals surface area contributed by atoms with Gasteiger partial charge in [-0.25, -0.2) is 4.39 Å². The van der Waals surface area contributed by atoms with Crippen molar-refractivity contribution in [2.24, 2.45) is 0 Å². The number of nitrogens with one attached hydrogen (secondary N) is 2. The van der Waals surface area contributed by atoms with Crippen LogP contribution < -0.4 is 10.6 Å². The normalized spacial score (nSPS) is 10.4. The molecule has 0 atom stereocenters. The average molecular weight is 356 g/mol. The van der Waals surface area contributed by atoms with Gasteiger partial charge < -0.3 is 10.6 Å². The molecule has 1 amide bonds. The number of rotatable bonds is 4. The molecule has 0 bridgehead atoms. The van der Waals surface area contributed by atoms with Crippen LogP contribution >= 0.6 is 11.6 Å². The number of hydrogen-bond donors (Lipinski definition) is 2. The highest BCUT2D eigenvalue weighted by Gasteiger charge is 2.09. The highest BCUT2D eigenvalue weighted by atomic mass is 35.5. The summed E-state index contributed by atoms with van der Waals surface area (Å²) >= 11 is 6.06. The standard InChI is InChI=1S/C19H15ClFN3O/c1-12-5-6-15(10-17(12)20)24-19(25)18-11-16(7-8-22-18)23-14-4-2-3-13(21)9-14/h2-11H,1H3,(H,22,23)(H,24,25). The van der Waals surface area contributed by atoms with Crippen LogP contribution in [0.1, 0.15) is 16.1 Å². The molecular weight excluding hydrogens is 341 g/mol. The summed E-state index contributed by atoms with van der Waals surface area (Å²) in [7, 11) is 0. The van der Waals surface area contributed by atoms with E-state index in [0.29, 0.717) is 22.1 Å². The smallest absolute Gasteiger partial charge is 0.274 e. The fourth-order valence-corrected chi connectivity index (χ4v) is 2.41. The summed E-state index contributed by atoms with van der Waals surface area (Å²) in [6, 6.07) is 14.6. The maximum atomic E-state index is 13.3. The Morgan fingerprint density at radius 2 is 1.84 bits per heavy atom. The van der Waals surface area contributed by atoms with Gasteiger partial charge in [-0.05, 0) is 55.0 Å². The minimum Gasteiger partial charge on any atom is -0.355 e. The lowest BCUT2D eigenvalue weighted by atomic mass is 10.2. The molecule has 6 heteroatoms. The first-order chi connectivity index (χ1) is 12.0. The first-order valence-electron chi connectivity index (χ1n) is 7.57. The maximum absolute atomic E-state index is 13.3. The number of carbonyl (C=O) groups excluding carboxylic acids is 1. The first kappa shape index (κ1) is 16.9. The molecule has 25 heavy (non-hydrogen) atoms. The third-order valence-corrected chi connectivity index (χ3v) is 3.94. The molecule has 3 rings (SSSR count). The number of amides is 1. The second-order valence-corrected chi connectivity index (χ2v) is 5.89. The monoisotopic (exact) mass is 355 g/mol. The average Bonchev–Trinajstić information content (AvgIpc) is 2.58. The van der Waals surface area contributed by atoms with Gasteiger partial charge in [0.25, 0.3) is 5.91 Å². The van der Waals surface area contributed by atoms with E-state index >= 15 is 0 Å². The summed E-state index contributed by atoms with van der Waals surface area (Å²) in [6.45, 7) is 1.89. The molecular formula is C19H15ClFN3O. The summed E-state index contributed by atoms with van der Waals surface area (Å²) in [5, 5.41) is 6.37. The molecule has 4 nitrogen and oxygen atoms in total. The van der Waals surface area contributed by atoms with Crippen molar-refractivity contribution in [1.29, 1.82) is 0 Å². The molecule has 0 fully saturated rings. The van der Waals surface area contributed by atoms with Crippen molar-refractivity contribution in [3.63, 3.8) is 0 Å². The molecule has 2 aromatic carbocycles. The van der Waals surface area contributed by atoms with Crippen molar-refractivity contribution in [1.82, 2.24) is 4.98 Å². The van der Waals surface area contributed by atoms with Crippen LogP contribution in [0, 0.1) is 12.7 Å². The lowest BCUT2D eigenvalue weighted by Crippen LogP contribution is -2.13. The van der Waals surface area contributed by atoms with Gasteiger partial charge in [0.05, 0.1) is 0 Å². The lowest BCUT2D eigenvalue weighted by molar-refractivity contribution is 0.102. The van der Waals surface area contributed by atoms with Crippen molar-refractivity contribution in [2.45, 2.75) is 6.92 Å². The van der Waals surface area contributed by atoms with Gasteiger partial charge >= 0.3 is 0 Å². The number of benzene rings is 2. The third kappa shape index (κ3) is 4.33. The Kier molecular flexibility index (Phi) is 4.95. The van der Waals surface area contributed by atoms with E-state index in [9.17, 15) is 9.18 Å². The minimum atomic E-state index is -0.359. The molecule has 0 saturated carbocycles. The van der Waals surface area contributed by atoms with Gasteiger partial charge in [0, 0.05) is 28.3 Å². The van der Waals surface area contributed by atoms with Crippen molar-refractivity contribution < 1.29 is 9.18 Å². The van der Waals surface area contributed by atoms with Crippen LogP contribution in [0.4, 0.5) is 21.5 Å². The van der Waals surface area contributed by atoms with Crippen molar-refractivity contribution >= 4 is 34.6 Å². The second-order valence-electron chi connectivity index (χ2n) is 5.48. The van der Waals surface area contributed by atoms with Gasteiger partial charge in [0.2, 0.25) is 0 Å². The fraction of sp³-hybridized carbons (Fsp3) is 0.0526. The van der Waals surface area contributed by atoms with Gasteiger partial charge in [-0.15, -0.1) is 0 Å². The number of aryl methyl sites for hydroxylation is 1. The predicted molar refractivity (Wildman–Crippen MR) is 98.1 cm³/mol.